The molecule has 124 valence electrons. The molecule has 24 heavy (non-hydrogen) atoms. The molecule has 2 aromatic carbocycles. The maximum absolute atomic E-state index is 11.8. The van der Waals surface area contributed by atoms with E-state index in [0.29, 0.717) is 24.5 Å². The van der Waals surface area contributed by atoms with E-state index in [2.05, 4.69) is 0 Å². The van der Waals surface area contributed by atoms with Gasteiger partial charge in [-0.3, -0.25) is 4.79 Å². The Bertz CT molecular complexity index is 763. The molecule has 0 unspecified atom stereocenters. The van der Waals surface area contributed by atoms with Gasteiger partial charge in [-0.1, -0.05) is 23.2 Å². The number of Topliss-reactive ketones (excluding diaryl/α,β-unsaturated/α-hetero) is 1. The monoisotopic (exact) mass is 362 g/mol. The van der Waals surface area contributed by atoms with Gasteiger partial charge in [0.2, 0.25) is 0 Å². The van der Waals surface area contributed by atoms with Crippen LogP contribution in [0.25, 0.3) is 0 Å². The third-order valence-corrected chi connectivity index (χ3v) is 4.08. The molecule has 1 aliphatic carbocycles. The number of hydrogen-bond acceptors (Lipinski definition) is 3. The highest BCUT2D eigenvalue weighted by atomic mass is 35.5. The quantitative estimate of drug-likeness (QED) is 0.684. The van der Waals surface area contributed by atoms with Gasteiger partial charge < -0.3 is 9.47 Å². The second-order valence-electron chi connectivity index (χ2n) is 5.47. The minimum atomic E-state index is 0.181. The maximum atomic E-state index is 11.8. The van der Waals surface area contributed by atoms with Crippen molar-refractivity contribution in [1.82, 2.24) is 0 Å². The fraction of sp³-hybridized carbons (Fsp3) is 0.211. The first-order chi connectivity index (χ1) is 11.6. The first-order valence-electron chi connectivity index (χ1n) is 7.70. The molecule has 0 aromatic heterocycles. The van der Waals surface area contributed by atoms with Crippen LogP contribution in [0.1, 0.15) is 28.8 Å². The zero-order chi connectivity index (χ0) is 16.9. The summed E-state index contributed by atoms with van der Waals surface area (Å²) >= 11 is 11.0. The zero-order valence-corrected chi connectivity index (χ0v) is 14.4. The lowest BCUT2D eigenvalue weighted by Gasteiger charge is -2.16. The number of ether oxygens (including phenoxy) is 2. The molecule has 0 heterocycles. The maximum Gasteiger partial charge on any atom is 0.163 e. The Kier molecular flexibility index (Phi) is 5.44. The van der Waals surface area contributed by atoms with Crippen LogP contribution in [0, 0.1) is 0 Å². The van der Waals surface area contributed by atoms with Crippen LogP contribution in [0.4, 0.5) is 0 Å². The molecule has 2 aromatic rings. The number of carbonyl (C=O) groups excluding carboxylic acids is 1. The van der Waals surface area contributed by atoms with E-state index < -0.39 is 0 Å². The van der Waals surface area contributed by atoms with Gasteiger partial charge >= 0.3 is 0 Å². The van der Waals surface area contributed by atoms with Gasteiger partial charge in [-0.25, -0.2) is 0 Å². The summed E-state index contributed by atoms with van der Waals surface area (Å²) in [5.74, 6) is 2.35. The molecule has 0 atom stereocenters. The van der Waals surface area contributed by atoms with Gasteiger partial charge in [0.1, 0.15) is 28.3 Å². The number of hydrogen-bond donors (Lipinski definition) is 0. The van der Waals surface area contributed by atoms with E-state index in [0.717, 1.165) is 29.7 Å². The van der Waals surface area contributed by atoms with Crippen molar-refractivity contribution in [3.63, 3.8) is 0 Å². The van der Waals surface area contributed by atoms with Crippen molar-refractivity contribution in [1.29, 1.82) is 0 Å². The lowest BCUT2D eigenvalue weighted by molar-refractivity contribution is 0.0972. The van der Waals surface area contributed by atoms with Crippen molar-refractivity contribution in [3.8, 4) is 17.2 Å². The average molecular weight is 363 g/mol. The van der Waals surface area contributed by atoms with Crippen molar-refractivity contribution in [2.75, 3.05) is 6.61 Å². The van der Waals surface area contributed by atoms with Crippen molar-refractivity contribution in [3.05, 3.63) is 64.2 Å². The van der Waals surface area contributed by atoms with E-state index >= 15 is 0 Å². The highest BCUT2D eigenvalue weighted by Gasteiger charge is 2.17. The molecule has 0 saturated heterocycles. The smallest absolute Gasteiger partial charge is 0.163 e. The van der Waals surface area contributed by atoms with Gasteiger partial charge in [-0.05, 0) is 66.9 Å². The minimum absolute atomic E-state index is 0.181. The van der Waals surface area contributed by atoms with Gasteiger partial charge in [0.05, 0.1) is 0 Å². The van der Waals surface area contributed by atoms with Crippen LogP contribution >= 0.6 is 23.2 Å². The van der Waals surface area contributed by atoms with Crippen molar-refractivity contribution < 1.29 is 14.3 Å². The van der Waals surface area contributed by atoms with Crippen LogP contribution < -0.4 is 9.47 Å². The van der Waals surface area contributed by atoms with E-state index in [1.54, 1.807) is 6.08 Å². The Labute approximate surface area is 150 Å². The number of halogens is 2. The van der Waals surface area contributed by atoms with Crippen LogP contribution in [0.15, 0.2) is 53.0 Å². The zero-order valence-electron chi connectivity index (χ0n) is 12.9. The second-order valence-corrected chi connectivity index (χ2v) is 6.48. The van der Waals surface area contributed by atoms with Crippen LogP contribution in [0.2, 0.25) is 0 Å². The van der Waals surface area contributed by atoms with Crippen LogP contribution in [0.3, 0.4) is 0 Å². The lowest BCUT2D eigenvalue weighted by atomic mass is 9.90. The van der Waals surface area contributed by atoms with Gasteiger partial charge in [0.15, 0.2) is 5.78 Å². The van der Waals surface area contributed by atoms with Crippen LogP contribution in [0.5, 0.6) is 17.2 Å². The van der Waals surface area contributed by atoms with Gasteiger partial charge in [-0.15, -0.1) is 0 Å². The topological polar surface area (TPSA) is 35.5 Å². The van der Waals surface area contributed by atoms with Gasteiger partial charge in [0, 0.05) is 12.0 Å². The number of rotatable bonds is 5. The molecule has 3 rings (SSSR count). The number of aryl methyl sites for hydroxylation is 1. The Hall–Kier alpha value is -1.97. The largest absolute Gasteiger partial charge is 0.489 e. The average Bonchev–Trinajstić information content (AvgIpc) is 2.56. The predicted octanol–water partition coefficient (Wildman–Crippen LogP) is 5.70. The fourth-order valence-electron chi connectivity index (χ4n) is 2.63. The van der Waals surface area contributed by atoms with E-state index in [-0.39, 0.29) is 10.3 Å². The fourth-order valence-corrected chi connectivity index (χ4v) is 2.75. The Morgan fingerprint density at radius 2 is 1.71 bits per heavy atom. The number of ketones is 1. The minimum Gasteiger partial charge on any atom is -0.489 e. The predicted molar refractivity (Wildman–Crippen MR) is 95.5 cm³/mol. The summed E-state index contributed by atoms with van der Waals surface area (Å²) < 4.78 is 11.5. The van der Waals surface area contributed by atoms with Crippen molar-refractivity contribution in [2.45, 2.75) is 19.3 Å². The highest BCUT2D eigenvalue weighted by Crippen LogP contribution is 2.29. The highest BCUT2D eigenvalue weighted by molar-refractivity contribution is 6.55. The Morgan fingerprint density at radius 3 is 2.46 bits per heavy atom. The molecule has 0 saturated carbocycles. The van der Waals surface area contributed by atoms with Gasteiger partial charge in [-0.2, -0.15) is 0 Å². The summed E-state index contributed by atoms with van der Waals surface area (Å²) in [6.45, 7) is 0.307. The SMILES string of the molecule is O=C1CCCc2cc(Oc3ccc(OCC=C(Cl)Cl)cc3)ccc21. The summed E-state index contributed by atoms with van der Waals surface area (Å²) in [4.78, 5) is 11.8. The summed E-state index contributed by atoms with van der Waals surface area (Å²) in [7, 11) is 0. The van der Waals surface area contributed by atoms with Crippen LogP contribution in [-0.4, -0.2) is 12.4 Å². The molecule has 0 N–H and O–H groups in total. The number of benzene rings is 2. The van der Waals surface area contributed by atoms with E-state index in [1.165, 1.54) is 0 Å². The molecule has 0 fully saturated rings. The molecule has 0 radical (unpaired) electrons. The van der Waals surface area contributed by atoms with E-state index in [4.69, 9.17) is 32.7 Å². The molecule has 0 amide bonds. The lowest BCUT2D eigenvalue weighted by Crippen LogP contribution is -2.10. The Balaban J connectivity index is 1.66. The molecular weight excluding hydrogens is 347 g/mol. The third-order valence-electron chi connectivity index (χ3n) is 3.77. The summed E-state index contributed by atoms with van der Waals surface area (Å²) in [5.41, 5.74) is 1.89. The van der Waals surface area contributed by atoms with Crippen molar-refractivity contribution >= 4 is 29.0 Å². The van der Waals surface area contributed by atoms with Gasteiger partial charge in [0.25, 0.3) is 0 Å². The van der Waals surface area contributed by atoms with E-state index in [9.17, 15) is 4.79 Å². The summed E-state index contributed by atoms with van der Waals surface area (Å²) in [6.07, 6.45) is 4.03. The first-order valence-corrected chi connectivity index (χ1v) is 8.45. The molecular formula is C19H16Cl2O3. The number of fused-ring (bicyclic) bond motifs is 1. The molecule has 5 heteroatoms. The normalized spacial score (nSPS) is 13.2. The molecule has 1 aliphatic rings. The molecule has 0 bridgehead atoms. The molecule has 3 nitrogen and oxygen atoms in total. The summed E-state index contributed by atoms with van der Waals surface area (Å²) in [6, 6.07) is 12.9. The van der Waals surface area contributed by atoms with Crippen LogP contribution in [-0.2, 0) is 6.42 Å². The van der Waals surface area contributed by atoms with Crippen molar-refractivity contribution in [2.24, 2.45) is 0 Å². The molecule has 0 spiro atoms. The standard InChI is InChI=1S/C19H16Cl2O3/c20-19(21)10-11-23-14-4-6-15(7-5-14)24-16-8-9-17-13(12-16)2-1-3-18(17)22/h4-10,12H,1-3,11H2. The number of carbonyl (C=O) groups is 1. The first kappa shape index (κ1) is 16.9. The summed E-state index contributed by atoms with van der Waals surface area (Å²) in [5, 5.41) is 0. The van der Waals surface area contributed by atoms with E-state index in [1.807, 2.05) is 42.5 Å². The molecule has 0 aliphatic heterocycles. The second kappa shape index (κ2) is 7.73. The Morgan fingerprint density at radius 1 is 1.00 bits per heavy atom. The third kappa shape index (κ3) is 4.31.